The Labute approximate surface area is 169 Å². The number of carbonyl (C=O) groups excluding carboxylic acids is 1. The lowest BCUT2D eigenvalue weighted by atomic mass is 9.92. The largest absolute Gasteiger partial charge is 0.454 e. The normalized spacial score (nSPS) is 29.1. The molecule has 0 unspecified atom stereocenters. The van der Waals surface area contributed by atoms with Gasteiger partial charge in [-0.1, -0.05) is 17.7 Å². The number of nitrogens with zero attached hydrogens (tertiary/aromatic N) is 3. The van der Waals surface area contributed by atoms with Gasteiger partial charge in [-0.15, -0.1) is 0 Å². The first-order valence-electron chi connectivity index (χ1n) is 9.00. The minimum Gasteiger partial charge on any atom is -0.454 e. The number of nitrogen functional groups attached to an aromatic ring is 1. The standard InChI is InChI=1S/C19H17ClN4O5/c20-9-1-2-10-8(5-9)6-12(25)28-15(10)16-13(26)14(27)19(29-16)24-4-3-11-17(21)22-7-23-18(11)24/h1-5,7,13-16,19,26-27H,6H2,(H2,21,22,23)/t13-,14+,15+,16-,19-/m0/s1. The second kappa shape index (κ2) is 6.67. The molecule has 4 N–H and O–H groups in total. The molecule has 0 aliphatic carbocycles. The summed E-state index contributed by atoms with van der Waals surface area (Å²) in [5, 5.41) is 22.5. The molecule has 0 spiro atoms. The van der Waals surface area contributed by atoms with E-state index in [-0.39, 0.29) is 6.42 Å². The first-order valence-corrected chi connectivity index (χ1v) is 9.38. The number of benzene rings is 1. The van der Waals surface area contributed by atoms with Crippen molar-refractivity contribution in [2.24, 2.45) is 0 Å². The summed E-state index contributed by atoms with van der Waals surface area (Å²) in [7, 11) is 0. The quantitative estimate of drug-likeness (QED) is 0.529. The highest BCUT2D eigenvalue weighted by Crippen LogP contribution is 2.42. The number of cyclic esters (lactones) is 1. The highest BCUT2D eigenvalue weighted by atomic mass is 35.5. The molecule has 1 fully saturated rings. The van der Waals surface area contributed by atoms with Gasteiger partial charge in [0.2, 0.25) is 0 Å². The molecule has 0 saturated carbocycles. The fraction of sp³-hybridized carbons (Fsp3) is 0.316. The molecule has 1 aromatic carbocycles. The molecule has 1 saturated heterocycles. The Bertz CT molecular complexity index is 1120. The molecule has 2 aliphatic heterocycles. The maximum Gasteiger partial charge on any atom is 0.310 e. The van der Waals surface area contributed by atoms with Crippen LogP contribution in [-0.2, 0) is 20.7 Å². The lowest BCUT2D eigenvalue weighted by molar-refractivity contribution is -0.164. The van der Waals surface area contributed by atoms with Gasteiger partial charge >= 0.3 is 5.97 Å². The summed E-state index contributed by atoms with van der Waals surface area (Å²) >= 11 is 6.04. The van der Waals surface area contributed by atoms with Crippen LogP contribution in [0.1, 0.15) is 23.5 Å². The maximum absolute atomic E-state index is 12.1. The van der Waals surface area contributed by atoms with Gasteiger partial charge in [0.15, 0.2) is 12.3 Å². The molecular formula is C19H17ClN4O5. The zero-order valence-electron chi connectivity index (χ0n) is 15.0. The van der Waals surface area contributed by atoms with Crippen molar-refractivity contribution < 1.29 is 24.5 Å². The number of halogens is 1. The summed E-state index contributed by atoms with van der Waals surface area (Å²) in [6.45, 7) is 0. The van der Waals surface area contributed by atoms with Crippen molar-refractivity contribution in [1.29, 1.82) is 0 Å². The Morgan fingerprint density at radius 3 is 2.86 bits per heavy atom. The van der Waals surface area contributed by atoms with Crippen LogP contribution in [0.4, 0.5) is 5.82 Å². The third-order valence-corrected chi connectivity index (χ3v) is 5.63. The molecule has 29 heavy (non-hydrogen) atoms. The molecule has 10 heteroatoms. The number of rotatable bonds is 2. The number of ether oxygens (including phenoxy) is 2. The molecule has 0 radical (unpaired) electrons. The number of aliphatic hydroxyl groups excluding tert-OH is 2. The molecule has 0 amide bonds. The minimum absolute atomic E-state index is 0.0830. The van der Waals surface area contributed by atoms with Crippen molar-refractivity contribution in [2.45, 2.75) is 37.1 Å². The fourth-order valence-electron chi connectivity index (χ4n) is 4.01. The number of aliphatic hydroxyl groups is 2. The van der Waals surface area contributed by atoms with E-state index in [2.05, 4.69) is 9.97 Å². The van der Waals surface area contributed by atoms with Crippen LogP contribution in [0.3, 0.4) is 0 Å². The second-order valence-electron chi connectivity index (χ2n) is 7.12. The number of esters is 1. The predicted octanol–water partition coefficient (Wildman–Crippen LogP) is 1.13. The van der Waals surface area contributed by atoms with E-state index in [0.29, 0.717) is 33.0 Å². The van der Waals surface area contributed by atoms with Crippen LogP contribution in [-0.4, -0.2) is 49.0 Å². The predicted molar refractivity (Wildman–Crippen MR) is 102 cm³/mol. The van der Waals surface area contributed by atoms with Crippen molar-refractivity contribution in [3.8, 4) is 0 Å². The molecule has 9 nitrogen and oxygen atoms in total. The van der Waals surface area contributed by atoms with E-state index in [1.54, 1.807) is 35.0 Å². The summed E-state index contributed by atoms with van der Waals surface area (Å²) < 4.78 is 13.1. The summed E-state index contributed by atoms with van der Waals surface area (Å²) in [6.07, 6.45) is -2.32. The van der Waals surface area contributed by atoms with Crippen molar-refractivity contribution in [2.75, 3.05) is 5.73 Å². The first kappa shape index (κ1) is 18.3. The Hall–Kier alpha value is -2.72. The van der Waals surface area contributed by atoms with Crippen LogP contribution >= 0.6 is 11.6 Å². The smallest absolute Gasteiger partial charge is 0.310 e. The van der Waals surface area contributed by atoms with Gasteiger partial charge in [-0.25, -0.2) is 9.97 Å². The van der Waals surface area contributed by atoms with E-state index >= 15 is 0 Å². The third-order valence-electron chi connectivity index (χ3n) is 5.39. The van der Waals surface area contributed by atoms with Gasteiger partial charge in [0.05, 0.1) is 11.8 Å². The van der Waals surface area contributed by atoms with Crippen LogP contribution in [0, 0.1) is 0 Å². The van der Waals surface area contributed by atoms with Crippen molar-refractivity contribution >= 4 is 34.4 Å². The van der Waals surface area contributed by atoms with Gasteiger partial charge in [-0.2, -0.15) is 0 Å². The summed E-state index contributed by atoms with van der Waals surface area (Å²) in [5.74, 6) is -0.157. The van der Waals surface area contributed by atoms with Crippen LogP contribution in [0.25, 0.3) is 11.0 Å². The molecule has 150 valence electrons. The number of anilines is 1. The molecule has 5 atom stereocenters. The Morgan fingerprint density at radius 2 is 2.03 bits per heavy atom. The number of aromatic nitrogens is 3. The van der Waals surface area contributed by atoms with Crippen LogP contribution in [0.15, 0.2) is 36.8 Å². The van der Waals surface area contributed by atoms with Gasteiger partial charge in [-0.3, -0.25) is 4.79 Å². The molecule has 2 aromatic heterocycles. The monoisotopic (exact) mass is 416 g/mol. The average Bonchev–Trinajstić information content (AvgIpc) is 3.23. The van der Waals surface area contributed by atoms with E-state index in [9.17, 15) is 15.0 Å². The number of hydrogen-bond donors (Lipinski definition) is 3. The van der Waals surface area contributed by atoms with Crippen LogP contribution in [0.2, 0.25) is 5.02 Å². The van der Waals surface area contributed by atoms with E-state index < -0.39 is 36.6 Å². The first-order chi connectivity index (χ1) is 13.9. The zero-order chi connectivity index (χ0) is 20.3. The number of fused-ring (bicyclic) bond motifs is 2. The Morgan fingerprint density at radius 1 is 1.21 bits per heavy atom. The topological polar surface area (TPSA) is 133 Å². The third kappa shape index (κ3) is 2.85. The molecule has 5 rings (SSSR count). The van der Waals surface area contributed by atoms with E-state index in [4.69, 9.17) is 26.8 Å². The highest BCUT2D eigenvalue weighted by Gasteiger charge is 2.50. The van der Waals surface area contributed by atoms with Gasteiger partial charge in [0, 0.05) is 11.2 Å². The summed E-state index contributed by atoms with van der Waals surface area (Å²) in [6, 6.07) is 6.82. The lowest BCUT2D eigenvalue weighted by Crippen LogP contribution is -2.38. The Kier molecular flexibility index (Phi) is 4.21. The minimum atomic E-state index is -1.30. The van der Waals surface area contributed by atoms with Gasteiger partial charge in [0.1, 0.15) is 36.1 Å². The molecular weight excluding hydrogens is 400 g/mol. The number of nitrogens with two attached hydrogens (primary N) is 1. The molecule has 2 aliphatic rings. The Balaban J connectivity index is 1.52. The van der Waals surface area contributed by atoms with Gasteiger partial charge in [0.25, 0.3) is 0 Å². The number of hydrogen-bond acceptors (Lipinski definition) is 8. The van der Waals surface area contributed by atoms with Crippen molar-refractivity contribution in [3.63, 3.8) is 0 Å². The molecule has 3 aromatic rings. The lowest BCUT2D eigenvalue weighted by Gasteiger charge is -2.31. The summed E-state index contributed by atoms with van der Waals surface area (Å²) in [4.78, 5) is 20.3. The second-order valence-corrected chi connectivity index (χ2v) is 7.56. The van der Waals surface area contributed by atoms with Crippen molar-refractivity contribution in [3.05, 3.63) is 52.9 Å². The van der Waals surface area contributed by atoms with E-state index in [1.807, 2.05) is 0 Å². The molecule has 0 bridgehead atoms. The van der Waals surface area contributed by atoms with Gasteiger partial charge < -0.3 is 30.0 Å². The van der Waals surface area contributed by atoms with Gasteiger partial charge in [-0.05, 0) is 29.3 Å². The summed E-state index contributed by atoms with van der Waals surface area (Å²) in [5.41, 5.74) is 7.73. The van der Waals surface area contributed by atoms with Crippen molar-refractivity contribution in [1.82, 2.24) is 14.5 Å². The zero-order valence-corrected chi connectivity index (χ0v) is 15.7. The number of carbonyl (C=O) groups is 1. The maximum atomic E-state index is 12.1. The average molecular weight is 417 g/mol. The van der Waals surface area contributed by atoms with Crippen LogP contribution in [0.5, 0.6) is 0 Å². The molecule has 4 heterocycles. The highest BCUT2D eigenvalue weighted by molar-refractivity contribution is 6.30. The van der Waals surface area contributed by atoms with E-state index in [1.165, 1.54) is 6.33 Å². The SMILES string of the molecule is Nc1ncnc2c1ccn2[C@H]1O[C@H]([C@@H]2OC(=O)Cc3cc(Cl)ccc32)[C@@H](O)[C@H]1O. The fourth-order valence-corrected chi connectivity index (χ4v) is 4.21. The van der Waals surface area contributed by atoms with Crippen LogP contribution < -0.4 is 5.73 Å². The van der Waals surface area contributed by atoms with E-state index in [0.717, 1.165) is 0 Å².